The molecule has 0 aromatic carbocycles. The molecule has 1 aromatic heterocycles. The number of aliphatic hydroxyl groups is 1. The first-order valence-electron chi connectivity index (χ1n) is 5.54. The summed E-state index contributed by atoms with van der Waals surface area (Å²) in [6.07, 6.45) is 2.39. The quantitative estimate of drug-likeness (QED) is 0.927. The van der Waals surface area contributed by atoms with E-state index < -0.39 is 10.0 Å². The van der Waals surface area contributed by atoms with Crippen molar-refractivity contribution in [2.45, 2.75) is 30.2 Å². The fourth-order valence-electron chi connectivity index (χ4n) is 2.10. The molecule has 0 spiro atoms. The lowest BCUT2D eigenvalue weighted by Gasteiger charge is -2.33. The van der Waals surface area contributed by atoms with Gasteiger partial charge >= 0.3 is 0 Å². The summed E-state index contributed by atoms with van der Waals surface area (Å²) in [7, 11) is -3.67. The van der Waals surface area contributed by atoms with Gasteiger partial charge in [0, 0.05) is 12.6 Å². The molecule has 4 nitrogen and oxygen atoms in total. The smallest absolute Gasteiger partial charge is 0.245 e. The van der Waals surface area contributed by atoms with Crippen LogP contribution in [0.25, 0.3) is 0 Å². The van der Waals surface area contributed by atoms with Crippen LogP contribution in [0, 0.1) is 0 Å². The van der Waals surface area contributed by atoms with E-state index in [4.69, 9.17) is 23.2 Å². The van der Waals surface area contributed by atoms with Gasteiger partial charge in [-0.15, -0.1) is 11.3 Å². The van der Waals surface area contributed by atoms with Crippen molar-refractivity contribution >= 4 is 44.6 Å². The first-order chi connectivity index (χ1) is 8.46. The Bertz CT molecular complexity index is 529. The van der Waals surface area contributed by atoms with E-state index in [0.717, 1.165) is 24.2 Å². The number of thiophene rings is 1. The van der Waals surface area contributed by atoms with Crippen LogP contribution < -0.4 is 0 Å². The summed E-state index contributed by atoms with van der Waals surface area (Å²) < 4.78 is 26.8. The number of piperidine rings is 1. The molecule has 0 amide bonds. The second-order valence-corrected chi connectivity index (χ2v) is 8.28. The lowest BCUT2D eigenvalue weighted by molar-refractivity contribution is 0.155. The van der Waals surface area contributed by atoms with Crippen LogP contribution >= 0.6 is 34.5 Å². The Morgan fingerprint density at radius 2 is 2.17 bits per heavy atom. The predicted molar refractivity (Wildman–Crippen MR) is 73.0 cm³/mol. The fraction of sp³-hybridized carbons (Fsp3) is 0.600. The minimum atomic E-state index is -3.67. The minimum Gasteiger partial charge on any atom is -0.395 e. The third kappa shape index (κ3) is 2.69. The van der Waals surface area contributed by atoms with Crippen LogP contribution in [0.3, 0.4) is 0 Å². The third-order valence-electron chi connectivity index (χ3n) is 3.00. The van der Waals surface area contributed by atoms with E-state index in [9.17, 15) is 13.5 Å². The zero-order valence-electron chi connectivity index (χ0n) is 9.47. The molecule has 0 aliphatic carbocycles. The van der Waals surface area contributed by atoms with Crippen LogP contribution in [0.1, 0.15) is 19.3 Å². The Morgan fingerprint density at radius 3 is 2.72 bits per heavy atom. The molecule has 1 saturated heterocycles. The van der Waals surface area contributed by atoms with Crippen molar-refractivity contribution in [3.05, 3.63) is 14.7 Å². The molecular weight excluding hydrogens is 317 g/mol. The molecule has 1 N–H and O–H groups in total. The summed E-state index contributed by atoms with van der Waals surface area (Å²) in [5, 5.41) is 9.28. The van der Waals surface area contributed by atoms with Crippen LogP contribution in [0.5, 0.6) is 0 Å². The van der Waals surface area contributed by atoms with Crippen LogP contribution in [0.2, 0.25) is 8.67 Å². The molecule has 1 aromatic rings. The van der Waals surface area contributed by atoms with E-state index in [1.54, 1.807) is 0 Å². The largest absolute Gasteiger partial charge is 0.395 e. The Hall–Kier alpha value is 0.150. The molecule has 1 unspecified atom stereocenters. The zero-order chi connectivity index (χ0) is 13.3. The monoisotopic (exact) mass is 329 g/mol. The molecule has 0 radical (unpaired) electrons. The highest BCUT2D eigenvalue weighted by atomic mass is 35.5. The summed E-state index contributed by atoms with van der Waals surface area (Å²) in [4.78, 5) is 0.0412. The van der Waals surface area contributed by atoms with Crippen LogP contribution in [-0.2, 0) is 10.0 Å². The Kier molecular flexibility index (Phi) is 4.57. The van der Waals surface area contributed by atoms with Crippen molar-refractivity contribution in [3.63, 3.8) is 0 Å². The van der Waals surface area contributed by atoms with Gasteiger partial charge in [0.2, 0.25) is 10.0 Å². The Labute approximate surface area is 120 Å². The summed E-state index contributed by atoms with van der Waals surface area (Å²) >= 11 is 12.7. The van der Waals surface area contributed by atoms with Crippen molar-refractivity contribution in [1.82, 2.24) is 4.31 Å². The third-order valence-corrected chi connectivity index (χ3v) is 6.70. The molecule has 1 aliphatic rings. The summed E-state index contributed by atoms with van der Waals surface area (Å²) in [5.74, 6) is 0. The number of hydrogen-bond donors (Lipinski definition) is 1. The molecular formula is C10H13Cl2NO3S2. The van der Waals surface area contributed by atoms with Gasteiger partial charge in [-0.25, -0.2) is 8.42 Å². The minimum absolute atomic E-state index is 0.0412. The molecule has 1 aliphatic heterocycles. The second kappa shape index (κ2) is 5.64. The SMILES string of the molecule is O=S(=O)(c1cc(Cl)sc1Cl)N1CCCCC1CO. The molecule has 1 atom stereocenters. The van der Waals surface area contributed by atoms with Crippen LogP contribution in [0.15, 0.2) is 11.0 Å². The van der Waals surface area contributed by atoms with Crippen LogP contribution in [-0.4, -0.2) is 37.0 Å². The maximum Gasteiger partial charge on any atom is 0.245 e. The van der Waals surface area contributed by atoms with Crippen molar-refractivity contribution in [2.75, 3.05) is 13.2 Å². The topological polar surface area (TPSA) is 57.6 Å². The Morgan fingerprint density at radius 1 is 1.44 bits per heavy atom. The molecule has 8 heteroatoms. The highest BCUT2D eigenvalue weighted by Gasteiger charge is 2.35. The molecule has 2 heterocycles. The average Bonchev–Trinajstić information content (AvgIpc) is 2.69. The van der Waals surface area contributed by atoms with Gasteiger partial charge in [-0.05, 0) is 18.9 Å². The maximum atomic E-state index is 12.5. The number of rotatable bonds is 3. The first kappa shape index (κ1) is 14.6. The summed E-state index contributed by atoms with van der Waals surface area (Å²) in [6.45, 7) is 0.242. The molecule has 0 bridgehead atoms. The first-order valence-corrected chi connectivity index (χ1v) is 8.55. The van der Waals surface area contributed by atoms with Crippen molar-refractivity contribution in [3.8, 4) is 0 Å². The van der Waals surface area contributed by atoms with E-state index in [0.29, 0.717) is 17.3 Å². The Balaban J connectivity index is 2.38. The van der Waals surface area contributed by atoms with E-state index in [2.05, 4.69) is 0 Å². The lowest BCUT2D eigenvalue weighted by atomic mass is 10.1. The zero-order valence-corrected chi connectivity index (χ0v) is 12.6. The number of hydrogen-bond acceptors (Lipinski definition) is 4. The van der Waals surface area contributed by atoms with Gasteiger partial charge in [0.15, 0.2) is 0 Å². The number of nitrogens with zero attached hydrogens (tertiary/aromatic N) is 1. The standard InChI is InChI=1S/C10H13Cl2NO3S2/c11-9-5-8(10(12)17-9)18(15,16)13-4-2-1-3-7(13)6-14/h5,7,14H,1-4,6H2. The average molecular weight is 330 g/mol. The van der Waals surface area contributed by atoms with Gasteiger partial charge in [-0.1, -0.05) is 29.6 Å². The maximum absolute atomic E-state index is 12.5. The van der Waals surface area contributed by atoms with E-state index >= 15 is 0 Å². The molecule has 102 valence electrons. The lowest BCUT2D eigenvalue weighted by Crippen LogP contribution is -2.45. The fourth-order valence-corrected chi connectivity index (χ4v) is 5.90. The summed E-state index contributed by atoms with van der Waals surface area (Å²) in [6, 6.07) is 1.01. The highest BCUT2D eigenvalue weighted by molar-refractivity contribution is 7.89. The van der Waals surface area contributed by atoms with Crippen molar-refractivity contribution in [2.24, 2.45) is 0 Å². The molecule has 2 rings (SSSR count). The van der Waals surface area contributed by atoms with Crippen molar-refractivity contribution in [1.29, 1.82) is 0 Å². The number of aliphatic hydroxyl groups excluding tert-OH is 1. The number of halogens is 2. The van der Waals surface area contributed by atoms with Crippen molar-refractivity contribution < 1.29 is 13.5 Å². The van der Waals surface area contributed by atoms with Gasteiger partial charge in [-0.3, -0.25) is 0 Å². The second-order valence-electron chi connectivity index (χ2n) is 4.14. The van der Waals surface area contributed by atoms with Gasteiger partial charge in [0.1, 0.15) is 9.23 Å². The molecule has 0 saturated carbocycles. The summed E-state index contributed by atoms with van der Waals surface area (Å²) in [5.41, 5.74) is 0. The van der Waals surface area contributed by atoms with Gasteiger partial charge in [-0.2, -0.15) is 4.31 Å². The van der Waals surface area contributed by atoms with Gasteiger partial charge in [0.25, 0.3) is 0 Å². The van der Waals surface area contributed by atoms with Gasteiger partial charge in [0.05, 0.1) is 10.9 Å². The van der Waals surface area contributed by atoms with E-state index in [1.165, 1.54) is 10.4 Å². The van der Waals surface area contributed by atoms with Gasteiger partial charge < -0.3 is 5.11 Å². The molecule has 18 heavy (non-hydrogen) atoms. The van der Waals surface area contributed by atoms with E-state index in [1.807, 2.05) is 0 Å². The van der Waals surface area contributed by atoms with Crippen LogP contribution in [0.4, 0.5) is 0 Å². The molecule has 1 fully saturated rings. The normalized spacial score (nSPS) is 22.3. The van der Waals surface area contributed by atoms with E-state index in [-0.39, 0.29) is 21.9 Å². The highest BCUT2D eigenvalue weighted by Crippen LogP contribution is 2.37. The number of sulfonamides is 1. The predicted octanol–water partition coefficient (Wildman–Crippen LogP) is 2.59.